The van der Waals surface area contributed by atoms with Crippen molar-refractivity contribution in [3.05, 3.63) is 65.2 Å². The van der Waals surface area contributed by atoms with Crippen LogP contribution in [0.3, 0.4) is 0 Å². The van der Waals surface area contributed by atoms with Crippen LogP contribution < -0.4 is 0 Å². The van der Waals surface area contributed by atoms with Gasteiger partial charge in [0.05, 0.1) is 23.1 Å². The number of carbonyl (C=O) groups is 1. The lowest BCUT2D eigenvalue weighted by Gasteiger charge is -2.18. The van der Waals surface area contributed by atoms with Gasteiger partial charge in [-0.15, -0.1) is 0 Å². The van der Waals surface area contributed by atoms with Crippen molar-refractivity contribution in [3.8, 4) is 0 Å². The summed E-state index contributed by atoms with van der Waals surface area (Å²) in [6, 6.07) is 9.57. The van der Waals surface area contributed by atoms with E-state index in [0.717, 1.165) is 16.4 Å². The molecular weight excluding hydrogens is 371 g/mol. The molecule has 2 rings (SSSR count). The molecule has 0 fully saturated rings. The van der Waals surface area contributed by atoms with E-state index in [-0.39, 0.29) is 17.0 Å². The van der Waals surface area contributed by atoms with E-state index in [1.165, 1.54) is 50.6 Å². The van der Waals surface area contributed by atoms with Gasteiger partial charge >= 0.3 is 12.1 Å². The molecule has 5 nitrogen and oxygen atoms in total. The van der Waals surface area contributed by atoms with Crippen LogP contribution in [0, 0.1) is 0 Å². The maximum absolute atomic E-state index is 12.6. The zero-order valence-electron chi connectivity index (χ0n) is 13.9. The summed E-state index contributed by atoms with van der Waals surface area (Å²) >= 11 is 0. The second-order valence-electron chi connectivity index (χ2n) is 5.48. The van der Waals surface area contributed by atoms with Crippen LogP contribution in [-0.2, 0) is 27.5 Å². The number of ether oxygens (including phenoxy) is 1. The highest BCUT2D eigenvalue weighted by molar-refractivity contribution is 7.89. The van der Waals surface area contributed by atoms with E-state index >= 15 is 0 Å². The van der Waals surface area contributed by atoms with E-state index < -0.39 is 27.7 Å². The quantitative estimate of drug-likeness (QED) is 0.739. The molecule has 0 heterocycles. The summed E-state index contributed by atoms with van der Waals surface area (Å²) in [6.45, 7) is -0.122. The van der Waals surface area contributed by atoms with E-state index in [2.05, 4.69) is 4.74 Å². The van der Waals surface area contributed by atoms with Crippen molar-refractivity contribution in [1.82, 2.24) is 4.31 Å². The van der Waals surface area contributed by atoms with Crippen molar-refractivity contribution < 1.29 is 31.1 Å². The molecule has 0 unspecified atom stereocenters. The van der Waals surface area contributed by atoms with Crippen LogP contribution in [0.1, 0.15) is 21.5 Å². The Bertz CT molecular complexity index is 893. The van der Waals surface area contributed by atoms with E-state index in [4.69, 9.17) is 0 Å². The highest BCUT2D eigenvalue weighted by atomic mass is 32.2. The van der Waals surface area contributed by atoms with Gasteiger partial charge in [-0.25, -0.2) is 13.2 Å². The Morgan fingerprint density at radius 3 is 2.27 bits per heavy atom. The molecule has 0 saturated heterocycles. The third kappa shape index (κ3) is 4.41. The lowest BCUT2D eigenvalue weighted by atomic mass is 10.1. The molecule has 140 valence electrons. The molecule has 0 spiro atoms. The fourth-order valence-corrected chi connectivity index (χ4v) is 3.43. The first-order chi connectivity index (χ1) is 12.1. The molecular formula is C17H16F3NO4S. The lowest BCUT2D eigenvalue weighted by molar-refractivity contribution is -0.137. The number of rotatable bonds is 5. The topological polar surface area (TPSA) is 63.7 Å². The number of nitrogens with zero attached hydrogens (tertiary/aromatic N) is 1. The lowest BCUT2D eigenvalue weighted by Crippen LogP contribution is -2.26. The SMILES string of the molecule is COC(=O)c1cccc(S(=O)(=O)N(C)Cc2ccc(C(F)(F)F)cc2)c1. The minimum atomic E-state index is -4.45. The highest BCUT2D eigenvalue weighted by Gasteiger charge is 2.30. The van der Waals surface area contributed by atoms with Crippen molar-refractivity contribution in [2.45, 2.75) is 17.6 Å². The number of alkyl halides is 3. The van der Waals surface area contributed by atoms with Crippen LogP contribution in [0.5, 0.6) is 0 Å². The molecule has 0 atom stereocenters. The summed E-state index contributed by atoms with van der Waals surface area (Å²) in [6.07, 6.45) is -4.45. The van der Waals surface area contributed by atoms with Crippen molar-refractivity contribution in [1.29, 1.82) is 0 Å². The monoisotopic (exact) mass is 387 g/mol. The Morgan fingerprint density at radius 1 is 1.12 bits per heavy atom. The number of sulfonamides is 1. The van der Waals surface area contributed by atoms with Crippen LogP contribution in [0.15, 0.2) is 53.4 Å². The predicted molar refractivity (Wildman–Crippen MR) is 87.9 cm³/mol. The minimum Gasteiger partial charge on any atom is -0.465 e. The van der Waals surface area contributed by atoms with Gasteiger partial charge in [0.2, 0.25) is 10.0 Å². The number of hydrogen-bond donors (Lipinski definition) is 0. The molecule has 0 radical (unpaired) electrons. The summed E-state index contributed by atoms with van der Waals surface area (Å²) < 4.78 is 68.5. The Kier molecular flexibility index (Phi) is 5.72. The summed E-state index contributed by atoms with van der Waals surface area (Å²) in [5.41, 5.74) is -0.331. The minimum absolute atomic E-state index is 0.0801. The van der Waals surface area contributed by atoms with Crippen molar-refractivity contribution >= 4 is 16.0 Å². The maximum atomic E-state index is 12.6. The van der Waals surface area contributed by atoms with Gasteiger partial charge in [-0.2, -0.15) is 17.5 Å². The normalized spacial score (nSPS) is 12.2. The third-order valence-corrected chi connectivity index (χ3v) is 5.45. The second kappa shape index (κ2) is 7.46. The molecule has 2 aromatic carbocycles. The Morgan fingerprint density at radius 2 is 1.73 bits per heavy atom. The molecule has 0 amide bonds. The zero-order valence-corrected chi connectivity index (χ0v) is 14.8. The number of benzene rings is 2. The van der Waals surface area contributed by atoms with E-state index in [9.17, 15) is 26.4 Å². The fraction of sp³-hybridized carbons (Fsp3) is 0.235. The fourth-order valence-electron chi connectivity index (χ4n) is 2.22. The summed E-state index contributed by atoms with van der Waals surface area (Å²) in [5, 5.41) is 0. The van der Waals surface area contributed by atoms with Crippen molar-refractivity contribution in [2.24, 2.45) is 0 Å². The molecule has 2 aromatic rings. The van der Waals surface area contributed by atoms with E-state index in [1.54, 1.807) is 0 Å². The standard InChI is InChI=1S/C17H16F3NO4S/c1-21(11-12-6-8-14(9-7-12)17(18,19)20)26(23,24)15-5-3-4-13(10-15)16(22)25-2/h3-10H,11H2,1-2H3. The summed E-state index contributed by atoms with van der Waals surface area (Å²) in [5.74, 6) is -0.674. The second-order valence-corrected chi connectivity index (χ2v) is 7.52. The van der Waals surface area contributed by atoms with Crippen LogP contribution in [0.2, 0.25) is 0 Å². The average Bonchev–Trinajstić information content (AvgIpc) is 2.60. The Labute approximate surface area is 149 Å². The summed E-state index contributed by atoms with van der Waals surface area (Å²) in [7, 11) is -1.45. The molecule has 0 aromatic heterocycles. The van der Waals surface area contributed by atoms with Crippen LogP contribution in [0.25, 0.3) is 0 Å². The van der Waals surface area contributed by atoms with Gasteiger partial charge in [0.15, 0.2) is 0 Å². The largest absolute Gasteiger partial charge is 0.465 e. The van der Waals surface area contributed by atoms with Crippen LogP contribution in [-0.4, -0.2) is 32.8 Å². The number of halogens is 3. The van der Waals surface area contributed by atoms with Gasteiger partial charge in [0, 0.05) is 13.6 Å². The Hall–Kier alpha value is -2.39. The van der Waals surface area contributed by atoms with Crippen LogP contribution >= 0.6 is 0 Å². The molecule has 0 aliphatic heterocycles. The number of hydrogen-bond acceptors (Lipinski definition) is 4. The Balaban J connectivity index is 2.23. The van der Waals surface area contributed by atoms with Crippen LogP contribution in [0.4, 0.5) is 13.2 Å². The number of esters is 1. The van der Waals surface area contributed by atoms with E-state index in [1.807, 2.05) is 0 Å². The smallest absolute Gasteiger partial charge is 0.416 e. The first-order valence-corrected chi connectivity index (χ1v) is 8.80. The first-order valence-electron chi connectivity index (χ1n) is 7.36. The van der Waals surface area contributed by atoms with Gasteiger partial charge in [-0.05, 0) is 35.9 Å². The maximum Gasteiger partial charge on any atom is 0.416 e. The average molecular weight is 387 g/mol. The summed E-state index contributed by atoms with van der Waals surface area (Å²) in [4.78, 5) is 11.4. The molecule has 0 aliphatic carbocycles. The molecule has 9 heteroatoms. The zero-order chi connectivity index (χ0) is 19.5. The van der Waals surface area contributed by atoms with Gasteiger partial charge in [-0.3, -0.25) is 0 Å². The highest BCUT2D eigenvalue weighted by Crippen LogP contribution is 2.29. The number of carbonyl (C=O) groups excluding carboxylic acids is 1. The molecule has 26 heavy (non-hydrogen) atoms. The third-order valence-electron chi connectivity index (χ3n) is 3.65. The molecule has 0 saturated carbocycles. The van der Waals surface area contributed by atoms with Crippen molar-refractivity contribution in [3.63, 3.8) is 0 Å². The molecule has 0 aliphatic rings. The predicted octanol–water partition coefficient (Wildman–Crippen LogP) is 3.31. The van der Waals surface area contributed by atoms with Crippen molar-refractivity contribution in [2.75, 3.05) is 14.2 Å². The number of methoxy groups -OCH3 is 1. The van der Waals surface area contributed by atoms with E-state index in [0.29, 0.717) is 5.56 Å². The van der Waals surface area contributed by atoms with Gasteiger partial charge in [-0.1, -0.05) is 18.2 Å². The molecule has 0 bridgehead atoms. The molecule has 0 N–H and O–H groups in total. The van der Waals surface area contributed by atoms with Gasteiger partial charge < -0.3 is 4.74 Å². The van der Waals surface area contributed by atoms with Gasteiger partial charge in [0.25, 0.3) is 0 Å². The van der Waals surface area contributed by atoms with Gasteiger partial charge in [0.1, 0.15) is 0 Å². The first kappa shape index (κ1) is 19.9.